The first-order valence-electron chi connectivity index (χ1n) is 7.36. The summed E-state index contributed by atoms with van der Waals surface area (Å²) in [5, 5.41) is 3.71. The van der Waals surface area contributed by atoms with Gasteiger partial charge < -0.3 is 5.32 Å². The van der Waals surface area contributed by atoms with Gasteiger partial charge in [-0.3, -0.25) is 4.90 Å². The molecule has 0 aromatic rings. The van der Waals surface area contributed by atoms with Gasteiger partial charge in [-0.05, 0) is 31.6 Å². The summed E-state index contributed by atoms with van der Waals surface area (Å²) in [7, 11) is 0. The topological polar surface area (TPSA) is 15.3 Å². The van der Waals surface area contributed by atoms with Gasteiger partial charge in [-0.2, -0.15) is 0 Å². The summed E-state index contributed by atoms with van der Waals surface area (Å²) in [5.74, 6) is 0.756. The molecule has 1 heterocycles. The molecule has 2 nitrogen and oxygen atoms in total. The van der Waals surface area contributed by atoms with Crippen molar-refractivity contribution in [3.63, 3.8) is 0 Å². The van der Waals surface area contributed by atoms with Gasteiger partial charge in [0.05, 0.1) is 0 Å². The van der Waals surface area contributed by atoms with E-state index in [0.717, 1.165) is 18.0 Å². The fraction of sp³-hybridized carbons (Fsp3) is 0.867. The lowest BCUT2D eigenvalue weighted by Gasteiger charge is -2.47. The molecule has 1 N–H and O–H groups in total. The zero-order valence-electron chi connectivity index (χ0n) is 11.7. The van der Waals surface area contributed by atoms with Crippen molar-refractivity contribution in [1.82, 2.24) is 10.2 Å². The van der Waals surface area contributed by atoms with Gasteiger partial charge in [0.2, 0.25) is 0 Å². The number of hydrogen-bond acceptors (Lipinski definition) is 2. The SMILES string of the molecule is CCC1CN(C2CC=CCC2)C(C(C)C)CN1. The minimum absolute atomic E-state index is 0.705. The van der Waals surface area contributed by atoms with Gasteiger partial charge in [0.15, 0.2) is 0 Å². The molecule has 2 rings (SSSR count). The highest BCUT2D eigenvalue weighted by molar-refractivity contribution is 4.98. The summed E-state index contributed by atoms with van der Waals surface area (Å²) in [4.78, 5) is 2.80. The van der Waals surface area contributed by atoms with Crippen LogP contribution in [0.4, 0.5) is 0 Å². The third-order valence-electron chi connectivity index (χ3n) is 4.45. The number of allylic oxidation sites excluding steroid dienone is 1. The Kier molecular flexibility index (Phi) is 4.63. The van der Waals surface area contributed by atoms with Crippen LogP contribution in [0.25, 0.3) is 0 Å². The standard InChI is InChI=1S/C15H28N2/c1-4-13-11-17(14-8-6-5-7-9-14)15(10-16-13)12(2)3/h5-6,12-16H,4,7-11H2,1-3H3. The maximum Gasteiger partial charge on any atom is 0.0247 e. The molecule has 0 saturated carbocycles. The van der Waals surface area contributed by atoms with E-state index in [9.17, 15) is 0 Å². The first-order valence-corrected chi connectivity index (χ1v) is 7.36. The van der Waals surface area contributed by atoms with Crippen molar-refractivity contribution in [3.8, 4) is 0 Å². The van der Waals surface area contributed by atoms with E-state index in [1.165, 1.54) is 38.8 Å². The average Bonchev–Trinajstić information content (AvgIpc) is 2.39. The zero-order chi connectivity index (χ0) is 12.3. The fourth-order valence-corrected chi connectivity index (χ4v) is 3.25. The van der Waals surface area contributed by atoms with Crippen LogP contribution >= 0.6 is 0 Å². The second kappa shape index (κ2) is 6.01. The molecule has 0 bridgehead atoms. The molecule has 1 fully saturated rings. The van der Waals surface area contributed by atoms with Crippen LogP contribution in [0, 0.1) is 5.92 Å². The van der Waals surface area contributed by atoms with Crippen LogP contribution in [0.3, 0.4) is 0 Å². The van der Waals surface area contributed by atoms with Crippen molar-refractivity contribution >= 4 is 0 Å². The summed E-state index contributed by atoms with van der Waals surface area (Å²) in [6.07, 6.45) is 9.88. The highest BCUT2D eigenvalue weighted by Gasteiger charge is 2.33. The van der Waals surface area contributed by atoms with Crippen molar-refractivity contribution in [1.29, 1.82) is 0 Å². The third-order valence-corrected chi connectivity index (χ3v) is 4.45. The van der Waals surface area contributed by atoms with E-state index < -0.39 is 0 Å². The van der Waals surface area contributed by atoms with Crippen LogP contribution in [-0.4, -0.2) is 36.1 Å². The van der Waals surface area contributed by atoms with E-state index >= 15 is 0 Å². The van der Waals surface area contributed by atoms with Gasteiger partial charge in [0, 0.05) is 31.2 Å². The molecule has 0 aromatic carbocycles. The lowest BCUT2D eigenvalue weighted by atomic mass is 9.91. The lowest BCUT2D eigenvalue weighted by Crippen LogP contribution is -2.61. The van der Waals surface area contributed by atoms with E-state index in [1.807, 2.05) is 0 Å². The van der Waals surface area contributed by atoms with Crippen LogP contribution in [-0.2, 0) is 0 Å². The fourth-order valence-electron chi connectivity index (χ4n) is 3.25. The first-order chi connectivity index (χ1) is 8.22. The number of nitrogens with zero attached hydrogens (tertiary/aromatic N) is 1. The molecule has 3 atom stereocenters. The van der Waals surface area contributed by atoms with Gasteiger partial charge in [-0.1, -0.05) is 32.9 Å². The summed E-state index contributed by atoms with van der Waals surface area (Å²) < 4.78 is 0. The molecule has 1 aliphatic heterocycles. The Labute approximate surface area is 106 Å². The Morgan fingerprint density at radius 1 is 1.35 bits per heavy atom. The molecule has 17 heavy (non-hydrogen) atoms. The molecule has 0 radical (unpaired) electrons. The smallest absolute Gasteiger partial charge is 0.0247 e. The van der Waals surface area contributed by atoms with Gasteiger partial charge in [0.25, 0.3) is 0 Å². The molecular weight excluding hydrogens is 208 g/mol. The molecule has 98 valence electrons. The Morgan fingerprint density at radius 3 is 2.76 bits per heavy atom. The van der Waals surface area contributed by atoms with Crippen LogP contribution in [0.5, 0.6) is 0 Å². The molecule has 2 aliphatic rings. The molecule has 3 unspecified atom stereocenters. The Bertz CT molecular complexity index is 260. The van der Waals surface area contributed by atoms with Crippen molar-refractivity contribution in [2.75, 3.05) is 13.1 Å². The van der Waals surface area contributed by atoms with E-state index in [1.54, 1.807) is 0 Å². The highest BCUT2D eigenvalue weighted by atomic mass is 15.3. The summed E-state index contributed by atoms with van der Waals surface area (Å²) in [6.45, 7) is 9.45. The lowest BCUT2D eigenvalue weighted by molar-refractivity contribution is 0.0505. The molecular formula is C15H28N2. The van der Waals surface area contributed by atoms with Gasteiger partial charge >= 0.3 is 0 Å². The van der Waals surface area contributed by atoms with Crippen LogP contribution in [0.15, 0.2) is 12.2 Å². The number of rotatable bonds is 3. The van der Waals surface area contributed by atoms with Gasteiger partial charge in [0.1, 0.15) is 0 Å². The molecule has 0 aromatic heterocycles. The van der Waals surface area contributed by atoms with Crippen molar-refractivity contribution in [3.05, 3.63) is 12.2 Å². The molecule has 2 heteroatoms. The van der Waals surface area contributed by atoms with Gasteiger partial charge in [-0.15, -0.1) is 0 Å². The summed E-state index contributed by atoms with van der Waals surface area (Å²) in [5.41, 5.74) is 0. The van der Waals surface area contributed by atoms with Crippen LogP contribution in [0.1, 0.15) is 46.5 Å². The van der Waals surface area contributed by atoms with E-state index in [2.05, 4.69) is 43.1 Å². The van der Waals surface area contributed by atoms with E-state index in [-0.39, 0.29) is 0 Å². The van der Waals surface area contributed by atoms with E-state index in [4.69, 9.17) is 0 Å². The van der Waals surface area contributed by atoms with Crippen LogP contribution in [0.2, 0.25) is 0 Å². The molecule has 0 amide bonds. The highest BCUT2D eigenvalue weighted by Crippen LogP contribution is 2.25. The summed E-state index contributed by atoms with van der Waals surface area (Å²) in [6, 6.07) is 2.23. The first kappa shape index (κ1) is 13.1. The maximum absolute atomic E-state index is 3.71. The maximum atomic E-state index is 3.71. The zero-order valence-corrected chi connectivity index (χ0v) is 11.7. The second-order valence-electron chi connectivity index (χ2n) is 5.96. The van der Waals surface area contributed by atoms with Gasteiger partial charge in [-0.25, -0.2) is 0 Å². The molecule has 1 saturated heterocycles. The van der Waals surface area contributed by atoms with Crippen LogP contribution < -0.4 is 5.32 Å². The van der Waals surface area contributed by atoms with Crippen molar-refractivity contribution in [2.24, 2.45) is 5.92 Å². The second-order valence-corrected chi connectivity index (χ2v) is 5.96. The summed E-state index contributed by atoms with van der Waals surface area (Å²) >= 11 is 0. The minimum atomic E-state index is 0.705. The van der Waals surface area contributed by atoms with Crippen molar-refractivity contribution < 1.29 is 0 Å². The average molecular weight is 236 g/mol. The molecule has 1 aliphatic carbocycles. The quantitative estimate of drug-likeness (QED) is 0.758. The predicted octanol–water partition coefficient (Wildman–Crippen LogP) is 2.80. The third kappa shape index (κ3) is 3.11. The normalized spacial score (nSPS) is 35.4. The minimum Gasteiger partial charge on any atom is -0.311 e. The predicted molar refractivity (Wildman–Crippen MR) is 74.2 cm³/mol. The largest absolute Gasteiger partial charge is 0.311 e. The van der Waals surface area contributed by atoms with Crippen molar-refractivity contribution in [2.45, 2.75) is 64.6 Å². The monoisotopic (exact) mass is 236 g/mol. The molecule has 0 spiro atoms. The number of nitrogens with one attached hydrogen (secondary N) is 1. The number of piperazine rings is 1. The van der Waals surface area contributed by atoms with E-state index in [0.29, 0.717) is 6.04 Å². The Hall–Kier alpha value is -0.340. The Morgan fingerprint density at radius 2 is 2.18 bits per heavy atom. The number of hydrogen-bond donors (Lipinski definition) is 1. The Balaban J connectivity index is 2.04.